The van der Waals surface area contributed by atoms with Crippen LogP contribution in [0, 0.1) is 0 Å². The molecule has 1 aromatic carbocycles. The topological polar surface area (TPSA) is 164 Å². The van der Waals surface area contributed by atoms with E-state index >= 15 is 0 Å². The Labute approximate surface area is 209 Å². The van der Waals surface area contributed by atoms with Gasteiger partial charge >= 0.3 is 11.9 Å². The van der Waals surface area contributed by atoms with Crippen LogP contribution in [0.4, 0.5) is 5.82 Å². The standard InChI is InChI=1S/C24H33N5O7/c1-14(25)21(31)26-17(11-20(30)36-24(2,3)4)22(32)27-19-12-18(23(33)35-6)29(28-19)13-15-7-9-16(34-5)10-8-15/h7-10,12,14,17H,11,13,25H2,1-6H3,(H,26,31)(H,27,28,32)/t14-,17-/m0/s1. The first kappa shape index (κ1) is 28.3. The summed E-state index contributed by atoms with van der Waals surface area (Å²) in [7, 11) is 2.78. The number of hydrogen-bond acceptors (Lipinski definition) is 9. The zero-order valence-corrected chi connectivity index (χ0v) is 21.3. The minimum absolute atomic E-state index is 0.0261. The van der Waals surface area contributed by atoms with Crippen molar-refractivity contribution >= 4 is 29.6 Å². The van der Waals surface area contributed by atoms with Gasteiger partial charge in [0, 0.05) is 6.07 Å². The van der Waals surface area contributed by atoms with Gasteiger partial charge in [0.2, 0.25) is 11.8 Å². The van der Waals surface area contributed by atoms with Gasteiger partial charge in [0.1, 0.15) is 23.1 Å². The van der Waals surface area contributed by atoms with E-state index in [0.29, 0.717) is 5.75 Å². The number of benzene rings is 1. The lowest BCUT2D eigenvalue weighted by molar-refractivity contribution is -0.156. The summed E-state index contributed by atoms with van der Waals surface area (Å²) in [5.41, 5.74) is 5.72. The second kappa shape index (κ2) is 12.2. The van der Waals surface area contributed by atoms with Crippen molar-refractivity contribution in [1.82, 2.24) is 15.1 Å². The molecule has 0 unspecified atom stereocenters. The van der Waals surface area contributed by atoms with Crippen LogP contribution in [-0.2, 0) is 30.4 Å². The van der Waals surface area contributed by atoms with Crippen molar-refractivity contribution in [1.29, 1.82) is 0 Å². The predicted octanol–water partition coefficient (Wildman–Crippen LogP) is 1.23. The maximum Gasteiger partial charge on any atom is 0.356 e. The molecular formula is C24H33N5O7. The van der Waals surface area contributed by atoms with E-state index in [1.54, 1.807) is 52.1 Å². The quantitative estimate of drug-likeness (QED) is 0.405. The van der Waals surface area contributed by atoms with E-state index < -0.39 is 47.9 Å². The lowest BCUT2D eigenvalue weighted by Gasteiger charge is -2.23. The minimum Gasteiger partial charge on any atom is -0.497 e. The number of hydrogen-bond donors (Lipinski definition) is 3. The maximum atomic E-state index is 13.0. The third kappa shape index (κ3) is 8.38. The molecule has 2 amide bonds. The van der Waals surface area contributed by atoms with Gasteiger partial charge in [-0.25, -0.2) is 4.79 Å². The number of anilines is 1. The summed E-state index contributed by atoms with van der Waals surface area (Å²) in [4.78, 5) is 49.8. The number of nitrogens with two attached hydrogens (primary N) is 1. The summed E-state index contributed by atoms with van der Waals surface area (Å²) in [6.07, 6.45) is -0.433. The Bertz CT molecular complexity index is 1090. The number of aromatic nitrogens is 2. The summed E-state index contributed by atoms with van der Waals surface area (Å²) in [6, 6.07) is 6.29. The zero-order chi connectivity index (χ0) is 27.0. The molecule has 2 rings (SSSR count). The molecule has 0 fully saturated rings. The van der Waals surface area contributed by atoms with E-state index in [1.165, 1.54) is 24.8 Å². The normalized spacial score (nSPS) is 12.8. The van der Waals surface area contributed by atoms with Crippen LogP contribution >= 0.6 is 0 Å². The fourth-order valence-electron chi connectivity index (χ4n) is 3.05. The molecule has 0 aliphatic rings. The van der Waals surface area contributed by atoms with Crippen LogP contribution in [0.5, 0.6) is 5.75 Å². The van der Waals surface area contributed by atoms with Crippen LogP contribution in [0.1, 0.15) is 50.2 Å². The number of ether oxygens (including phenoxy) is 3. The third-order valence-electron chi connectivity index (χ3n) is 4.75. The number of esters is 2. The summed E-state index contributed by atoms with van der Waals surface area (Å²) >= 11 is 0. The Morgan fingerprint density at radius 3 is 2.25 bits per heavy atom. The monoisotopic (exact) mass is 503 g/mol. The average molecular weight is 504 g/mol. The Kier molecular flexibility index (Phi) is 9.56. The second-order valence-electron chi connectivity index (χ2n) is 9.04. The van der Waals surface area contributed by atoms with Gasteiger partial charge in [-0.1, -0.05) is 12.1 Å². The molecule has 1 heterocycles. The average Bonchev–Trinajstić information content (AvgIpc) is 3.19. The number of amides is 2. The predicted molar refractivity (Wildman–Crippen MR) is 130 cm³/mol. The zero-order valence-electron chi connectivity index (χ0n) is 21.3. The van der Waals surface area contributed by atoms with Gasteiger partial charge < -0.3 is 30.6 Å². The molecule has 12 heteroatoms. The van der Waals surface area contributed by atoms with Gasteiger partial charge in [0.05, 0.1) is 33.2 Å². The van der Waals surface area contributed by atoms with Crippen LogP contribution in [0.2, 0.25) is 0 Å². The van der Waals surface area contributed by atoms with E-state index in [1.807, 2.05) is 0 Å². The van der Waals surface area contributed by atoms with Crippen molar-refractivity contribution in [2.24, 2.45) is 5.73 Å². The molecule has 0 bridgehead atoms. The molecular weight excluding hydrogens is 470 g/mol. The van der Waals surface area contributed by atoms with Gasteiger partial charge in [-0.2, -0.15) is 5.10 Å². The van der Waals surface area contributed by atoms with Crippen molar-refractivity contribution in [3.05, 3.63) is 41.6 Å². The largest absolute Gasteiger partial charge is 0.497 e. The molecule has 0 aliphatic carbocycles. The fraction of sp³-hybridized carbons (Fsp3) is 0.458. The van der Waals surface area contributed by atoms with E-state index in [0.717, 1.165) is 5.56 Å². The first-order chi connectivity index (χ1) is 16.8. The van der Waals surface area contributed by atoms with Crippen molar-refractivity contribution in [3.8, 4) is 5.75 Å². The number of rotatable bonds is 10. The SMILES string of the molecule is COC(=O)c1cc(NC(=O)[C@H](CC(=O)OC(C)(C)C)NC(=O)[C@H](C)N)nn1Cc1ccc(OC)cc1. The molecule has 2 atom stereocenters. The minimum atomic E-state index is -1.29. The molecule has 0 aliphatic heterocycles. The third-order valence-corrected chi connectivity index (χ3v) is 4.75. The van der Waals surface area contributed by atoms with Gasteiger partial charge in [0.15, 0.2) is 5.82 Å². The van der Waals surface area contributed by atoms with Gasteiger partial charge in [-0.05, 0) is 45.4 Å². The van der Waals surface area contributed by atoms with Crippen LogP contribution in [0.25, 0.3) is 0 Å². The van der Waals surface area contributed by atoms with E-state index in [4.69, 9.17) is 19.9 Å². The molecule has 1 aromatic heterocycles. The van der Waals surface area contributed by atoms with E-state index in [9.17, 15) is 19.2 Å². The van der Waals surface area contributed by atoms with Crippen LogP contribution in [-0.4, -0.2) is 65.4 Å². The summed E-state index contributed by atoms with van der Waals surface area (Å²) < 4.78 is 16.6. The first-order valence-corrected chi connectivity index (χ1v) is 11.2. The van der Waals surface area contributed by atoms with Crippen molar-refractivity contribution in [2.45, 2.75) is 58.3 Å². The first-order valence-electron chi connectivity index (χ1n) is 11.2. The van der Waals surface area contributed by atoms with E-state index in [2.05, 4.69) is 15.7 Å². The lowest BCUT2D eigenvalue weighted by Crippen LogP contribution is -2.50. The summed E-state index contributed by atoms with van der Waals surface area (Å²) in [6.45, 7) is 6.70. The molecule has 0 radical (unpaired) electrons. The smallest absolute Gasteiger partial charge is 0.356 e. The molecule has 36 heavy (non-hydrogen) atoms. The molecule has 196 valence electrons. The number of nitrogens with zero attached hydrogens (tertiary/aromatic N) is 2. The Hall–Kier alpha value is -3.93. The molecule has 0 spiro atoms. The van der Waals surface area contributed by atoms with E-state index in [-0.39, 0.29) is 18.1 Å². The summed E-state index contributed by atoms with van der Waals surface area (Å²) in [5.74, 6) is -2.01. The van der Waals surface area contributed by atoms with Crippen molar-refractivity contribution in [2.75, 3.05) is 19.5 Å². The van der Waals surface area contributed by atoms with Crippen molar-refractivity contribution in [3.63, 3.8) is 0 Å². The number of methoxy groups -OCH3 is 2. The van der Waals surface area contributed by atoms with Gasteiger partial charge in [-0.15, -0.1) is 0 Å². The Balaban J connectivity index is 2.27. The van der Waals surface area contributed by atoms with Crippen molar-refractivity contribution < 1.29 is 33.4 Å². The van der Waals surface area contributed by atoms with Crippen LogP contribution < -0.4 is 21.1 Å². The number of carbonyl (C=O) groups is 4. The molecule has 2 aromatic rings. The highest BCUT2D eigenvalue weighted by Gasteiger charge is 2.29. The highest BCUT2D eigenvalue weighted by Crippen LogP contribution is 2.17. The maximum absolute atomic E-state index is 13.0. The molecule has 0 saturated carbocycles. The second-order valence-corrected chi connectivity index (χ2v) is 9.04. The van der Waals surface area contributed by atoms with Gasteiger partial charge in [-0.3, -0.25) is 19.1 Å². The molecule has 12 nitrogen and oxygen atoms in total. The summed E-state index contributed by atoms with van der Waals surface area (Å²) in [5, 5.41) is 9.27. The molecule has 0 saturated heterocycles. The Morgan fingerprint density at radius 1 is 1.08 bits per heavy atom. The Morgan fingerprint density at radius 2 is 1.72 bits per heavy atom. The highest BCUT2D eigenvalue weighted by molar-refractivity contribution is 6.00. The van der Waals surface area contributed by atoms with Crippen LogP contribution in [0.15, 0.2) is 30.3 Å². The molecule has 4 N–H and O–H groups in total. The van der Waals surface area contributed by atoms with Gasteiger partial charge in [0.25, 0.3) is 0 Å². The number of carbonyl (C=O) groups excluding carboxylic acids is 4. The van der Waals surface area contributed by atoms with Crippen LogP contribution in [0.3, 0.4) is 0 Å². The lowest BCUT2D eigenvalue weighted by atomic mass is 10.1. The number of nitrogens with one attached hydrogen (secondary N) is 2. The fourth-order valence-corrected chi connectivity index (χ4v) is 3.05. The highest BCUT2D eigenvalue weighted by atomic mass is 16.6.